The van der Waals surface area contributed by atoms with Crippen molar-refractivity contribution in [2.45, 2.75) is 18.4 Å². The molecule has 0 aliphatic rings. The van der Waals surface area contributed by atoms with Gasteiger partial charge in [0, 0.05) is 11.9 Å². The van der Waals surface area contributed by atoms with Crippen molar-refractivity contribution in [3.05, 3.63) is 94.3 Å². The minimum absolute atomic E-state index is 0.138. The lowest BCUT2D eigenvalue weighted by Crippen LogP contribution is -2.35. The van der Waals surface area contributed by atoms with Crippen LogP contribution in [0.2, 0.25) is 0 Å². The number of hydrogen-bond acceptors (Lipinski definition) is 6. The summed E-state index contributed by atoms with van der Waals surface area (Å²) in [4.78, 5) is 40.6. The highest BCUT2D eigenvalue weighted by Gasteiger charge is 2.37. The van der Waals surface area contributed by atoms with Gasteiger partial charge in [0.1, 0.15) is 0 Å². The maximum absolute atomic E-state index is 13.7. The molecule has 0 spiro atoms. The summed E-state index contributed by atoms with van der Waals surface area (Å²) in [5, 5.41) is 4.56. The largest absolute Gasteiger partial charge is 0.465 e. The van der Waals surface area contributed by atoms with Gasteiger partial charge in [0.2, 0.25) is 0 Å². The maximum Gasteiger partial charge on any atom is 0.418 e. The molecule has 1 aromatic heterocycles. The average Bonchev–Trinajstić information content (AvgIpc) is 2.89. The Morgan fingerprint density at radius 1 is 0.821 bits per heavy atom. The van der Waals surface area contributed by atoms with E-state index in [0.29, 0.717) is 18.2 Å². The van der Waals surface area contributed by atoms with Gasteiger partial charge in [0.25, 0.3) is 0 Å². The molecule has 39 heavy (non-hydrogen) atoms. The average molecular weight is 555 g/mol. The second kappa shape index (κ2) is 11.4. The lowest BCUT2D eigenvalue weighted by atomic mass is 9.98. The SMILES string of the molecule is COC(=O)c1cc(NC(=O)N[C@@H](c2ccc(C(F)(F)F)cc2)c2ncccc2C(F)(F)F)cc(C(=O)OC)c1. The zero-order valence-corrected chi connectivity index (χ0v) is 20.1. The van der Waals surface area contributed by atoms with E-state index in [1.165, 1.54) is 0 Å². The number of pyridine rings is 1. The molecule has 0 fully saturated rings. The standard InChI is InChI=1S/C25H19F6N3O5/c1-38-21(35)14-10-15(22(36)39-2)12-17(11-14)33-23(37)34-19(13-5-7-16(8-6-13)24(26,27)28)20-18(25(29,30)31)4-3-9-32-20/h3-12,19H,1-2H3,(H2,33,34,37)/t19-/m0/s1. The molecule has 3 rings (SSSR count). The van der Waals surface area contributed by atoms with Gasteiger partial charge in [-0.3, -0.25) is 4.98 Å². The van der Waals surface area contributed by atoms with Crippen LogP contribution in [0.5, 0.6) is 0 Å². The van der Waals surface area contributed by atoms with Gasteiger partial charge < -0.3 is 20.1 Å². The van der Waals surface area contributed by atoms with E-state index in [0.717, 1.165) is 56.8 Å². The smallest absolute Gasteiger partial charge is 0.418 e. The van der Waals surface area contributed by atoms with Crippen LogP contribution >= 0.6 is 0 Å². The lowest BCUT2D eigenvalue weighted by molar-refractivity contribution is -0.139. The van der Waals surface area contributed by atoms with Gasteiger partial charge in [0.05, 0.1) is 48.2 Å². The van der Waals surface area contributed by atoms with Crippen LogP contribution in [0.25, 0.3) is 0 Å². The number of anilines is 1. The zero-order valence-electron chi connectivity index (χ0n) is 20.1. The number of benzene rings is 2. The maximum atomic E-state index is 13.7. The van der Waals surface area contributed by atoms with E-state index < -0.39 is 53.2 Å². The van der Waals surface area contributed by atoms with E-state index in [9.17, 15) is 40.7 Å². The van der Waals surface area contributed by atoms with Crippen LogP contribution in [0.1, 0.15) is 49.1 Å². The van der Waals surface area contributed by atoms with E-state index in [1.54, 1.807) is 0 Å². The molecule has 1 heterocycles. The molecular weight excluding hydrogens is 536 g/mol. The first-order valence-corrected chi connectivity index (χ1v) is 10.8. The Balaban J connectivity index is 2.02. The molecule has 2 amide bonds. The molecule has 0 aliphatic heterocycles. The highest BCUT2D eigenvalue weighted by Crippen LogP contribution is 2.36. The number of aromatic nitrogens is 1. The van der Waals surface area contributed by atoms with Crippen LogP contribution in [0.4, 0.5) is 36.8 Å². The van der Waals surface area contributed by atoms with E-state index in [-0.39, 0.29) is 22.4 Å². The Hall–Kier alpha value is -4.62. The van der Waals surface area contributed by atoms with Crippen molar-refractivity contribution in [2.24, 2.45) is 0 Å². The van der Waals surface area contributed by atoms with Crippen LogP contribution in [-0.4, -0.2) is 37.2 Å². The van der Waals surface area contributed by atoms with Crippen molar-refractivity contribution in [1.82, 2.24) is 10.3 Å². The second-order valence-electron chi connectivity index (χ2n) is 7.87. The number of ether oxygens (including phenoxy) is 2. The van der Waals surface area contributed by atoms with Crippen molar-refractivity contribution >= 4 is 23.7 Å². The van der Waals surface area contributed by atoms with E-state index >= 15 is 0 Å². The third-order valence-electron chi connectivity index (χ3n) is 5.30. The Kier molecular flexibility index (Phi) is 8.47. The summed E-state index contributed by atoms with van der Waals surface area (Å²) >= 11 is 0. The molecule has 0 bridgehead atoms. The van der Waals surface area contributed by atoms with Crippen molar-refractivity contribution in [3.8, 4) is 0 Å². The summed E-state index contributed by atoms with van der Waals surface area (Å²) in [5.41, 5.74) is -3.55. The third kappa shape index (κ3) is 7.03. The molecule has 2 aromatic carbocycles. The molecule has 1 atom stereocenters. The first-order chi connectivity index (χ1) is 18.2. The molecule has 2 N–H and O–H groups in total. The molecule has 0 saturated carbocycles. The predicted molar refractivity (Wildman–Crippen MR) is 124 cm³/mol. The fourth-order valence-electron chi connectivity index (χ4n) is 3.53. The number of carbonyl (C=O) groups is 3. The quantitative estimate of drug-likeness (QED) is 0.303. The molecule has 0 radical (unpaired) electrons. The van der Waals surface area contributed by atoms with Crippen molar-refractivity contribution in [3.63, 3.8) is 0 Å². The summed E-state index contributed by atoms with van der Waals surface area (Å²) in [7, 11) is 2.15. The van der Waals surface area contributed by atoms with E-state index in [2.05, 4.69) is 25.1 Å². The number of esters is 2. The van der Waals surface area contributed by atoms with Gasteiger partial charge in [-0.1, -0.05) is 12.1 Å². The minimum atomic E-state index is -4.91. The lowest BCUT2D eigenvalue weighted by Gasteiger charge is -2.23. The highest BCUT2D eigenvalue weighted by atomic mass is 19.4. The molecule has 0 unspecified atom stereocenters. The van der Waals surface area contributed by atoms with E-state index in [1.807, 2.05) is 0 Å². The summed E-state index contributed by atoms with van der Waals surface area (Å²) in [5.74, 6) is -1.73. The fourth-order valence-corrected chi connectivity index (χ4v) is 3.53. The molecule has 0 aliphatic carbocycles. The molecule has 206 valence electrons. The van der Waals surface area contributed by atoms with Gasteiger partial charge in [-0.2, -0.15) is 26.3 Å². The number of rotatable bonds is 6. The first-order valence-electron chi connectivity index (χ1n) is 10.8. The van der Waals surface area contributed by atoms with Gasteiger partial charge >= 0.3 is 30.3 Å². The topological polar surface area (TPSA) is 107 Å². The summed E-state index contributed by atoms with van der Waals surface area (Å²) in [6.45, 7) is 0. The second-order valence-corrected chi connectivity index (χ2v) is 7.87. The van der Waals surface area contributed by atoms with Crippen LogP contribution in [0.15, 0.2) is 60.8 Å². The third-order valence-corrected chi connectivity index (χ3v) is 5.30. The molecule has 0 saturated heterocycles. The van der Waals surface area contributed by atoms with Gasteiger partial charge in [-0.15, -0.1) is 0 Å². The zero-order chi connectivity index (χ0) is 29.0. The number of hydrogen-bond donors (Lipinski definition) is 2. The Labute approximate surface area is 216 Å². The molecular formula is C25H19F6N3O5. The number of methoxy groups -OCH3 is 2. The van der Waals surface area contributed by atoms with Crippen LogP contribution in [-0.2, 0) is 21.8 Å². The van der Waals surface area contributed by atoms with Crippen molar-refractivity contribution in [1.29, 1.82) is 0 Å². The normalized spacial score (nSPS) is 12.3. The van der Waals surface area contributed by atoms with Crippen molar-refractivity contribution < 1.29 is 50.2 Å². The Bertz CT molecular complexity index is 1340. The van der Waals surface area contributed by atoms with Gasteiger partial charge in [-0.25, -0.2) is 14.4 Å². The molecule has 14 heteroatoms. The highest BCUT2D eigenvalue weighted by molar-refractivity contribution is 5.99. The number of nitrogens with zero attached hydrogens (tertiary/aromatic N) is 1. The van der Waals surface area contributed by atoms with E-state index in [4.69, 9.17) is 0 Å². The summed E-state index contributed by atoms with van der Waals surface area (Å²) < 4.78 is 89.5. The summed E-state index contributed by atoms with van der Waals surface area (Å²) in [6.07, 6.45) is -8.58. The van der Waals surface area contributed by atoms with Gasteiger partial charge in [0.15, 0.2) is 0 Å². The number of halogens is 6. The minimum Gasteiger partial charge on any atom is -0.465 e. The Morgan fingerprint density at radius 2 is 1.38 bits per heavy atom. The monoisotopic (exact) mass is 555 g/mol. The first kappa shape index (κ1) is 28.9. The fraction of sp³-hybridized carbons (Fsp3) is 0.200. The van der Waals surface area contributed by atoms with Crippen LogP contribution in [0, 0.1) is 0 Å². The number of urea groups is 1. The van der Waals surface area contributed by atoms with Crippen LogP contribution < -0.4 is 10.6 Å². The summed E-state index contributed by atoms with van der Waals surface area (Å²) in [6, 6.07) is 5.47. The number of nitrogens with one attached hydrogen (secondary N) is 2. The predicted octanol–water partition coefficient (Wildman–Crippen LogP) is 5.60. The molecule has 3 aromatic rings. The van der Waals surface area contributed by atoms with Gasteiger partial charge in [-0.05, 0) is 48.0 Å². The number of carbonyl (C=O) groups excluding carboxylic acids is 3. The van der Waals surface area contributed by atoms with Crippen LogP contribution in [0.3, 0.4) is 0 Å². The number of alkyl halides is 6. The Morgan fingerprint density at radius 3 is 1.87 bits per heavy atom. The number of amides is 2. The van der Waals surface area contributed by atoms with Crippen molar-refractivity contribution in [2.75, 3.05) is 19.5 Å². The molecule has 8 nitrogen and oxygen atoms in total.